The third-order valence-electron chi connectivity index (χ3n) is 1.57. The average Bonchev–Trinajstić information content (AvgIpc) is 2.51. The highest BCUT2D eigenvalue weighted by Gasteiger charge is 2.14. The monoisotopic (exact) mass is 186 g/mol. The molecular weight excluding hydrogens is 175 g/mol. The maximum Gasteiger partial charge on any atom is 0.273 e. The highest BCUT2D eigenvalue weighted by atomic mass is 19.1. The summed E-state index contributed by atoms with van der Waals surface area (Å²) in [6.45, 7) is 2.61. The second-order valence-electron chi connectivity index (χ2n) is 2.79. The van der Waals surface area contributed by atoms with Crippen LogP contribution in [-0.4, -0.2) is 23.6 Å². The molecule has 1 atom stereocenters. The van der Waals surface area contributed by atoms with Gasteiger partial charge in [-0.25, -0.2) is 9.37 Å². The van der Waals surface area contributed by atoms with Gasteiger partial charge in [0.15, 0.2) is 12.1 Å². The first kappa shape index (κ1) is 9.70. The zero-order valence-electron chi connectivity index (χ0n) is 7.50. The fourth-order valence-corrected chi connectivity index (χ4v) is 0.854. The Bertz CT molecular complexity index is 298. The van der Waals surface area contributed by atoms with Gasteiger partial charge in [0.2, 0.25) is 0 Å². The Morgan fingerprint density at radius 3 is 3.00 bits per heavy atom. The lowest BCUT2D eigenvalue weighted by Crippen LogP contribution is -2.34. The Morgan fingerprint density at radius 2 is 2.54 bits per heavy atom. The molecule has 0 aliphatic rings. The summed E-state index contributed by atoms with van der Waals surface area (Å²) in [5.74, 6) is 0.0277. The number of hydrogen-bond acceptors (Lipinski definition) is 3. The van der Waals surface area contributed by atoms with Gasteiger partial charge in [0.05, 0.1) is 6.04 Å². The molecule has 1 heterocycles. The Labute approximate surface area is 75.1 Å². The number of alkyl halides is 1. The SMILES string of the molecule is Cc1ocnc1C(=O)NC(C)CF. The maximum absolute atomic E-state index is 12.0. The lowest BCUT2D eigenvalue weighted by Gasteiger charge is -2.07. The number of rotatable bonds is 3. The van der Waals surface area contributed by atoms with Crippen LogP contribution in [0.2, 0.25) is 0 Å². The van der Waals surface area contributed by atoms with Gasteiger partial charge in [-0.3, -0.25) is 4.79 Å². The third kappa shape index (κ3) is 2.27. The van der Waals surface area contributed by atoms with Crippen molar-refractivity contribution in [2.75, 3.05) is 6.67 Å². The molecule has 0 bridgehead atoms. The number of oxazole rings is 1. The van der Waals surface area contributed by atoms with Crippen molar-refractivity contribution in [3.63, 3.8) is 0 Å². The summed E-state index contributed by atoms with van der Waals surface area (Å²) < 4.78 is 16.9. The second-order valence-corrected chi connectivity index (χ2v) is 2.79. The largest absolute Gasteiger partial charge is 0.448 e. The summed E-state index contributed by atoms with van der Waals surface area (Å²) in [5, 5.41) is 2.44. The zero-order chi connectivity index (χ0) is 9.84. The molecule has 4 nitrogen and oxygen atoms in total. The zero-order valence-corrected chi connectivity index (χ0v) is 7.50. The van der Waals surface area contributed by atoms with Crippen LogP contribution >= 0.6 is 0 Å². The molecule has 0 fully saturated rings. The van der Waals surface area contributed by atoms with Crippen LogP contribution in [0.4, 0.5) is 4.39 Å². The maximum atomic E-state index is 12.0. The van der Waals surface area contributed by atoms with Crippen molar-refractivity contribution in [2.45, 2.75) is 19.9 Å². The molecule has 1 unspecified atom stereocenters. The van der Waals surface area contributed by atoms with Gasteiger partial charge in [0, 0.05) is 0 Å². The average molecular weight is 186 g/mol. The number of amides is 1. The van der Waals surface area contributed by atoms with Crippen LogP contribution in [0, 0.1) is 6.92 Å². The van der Waals surface area contributed by atoms with Crippen molar-refractivity contribution in [2.24, 2.45) is 0 Å². The quantitative estimate of drug-likeness (QED) is 0.768. The lowest BCUT2D eigenvalue weighted by molar-refractivity contribution is 0.0928. The van der Waals surface area contributed by atoms with E-state index in [1.807, 2.05) is 0 Å². The van der Waals surface area contributed by atoms with E-state index >= 15 is 0 Å². The van der Waals surface area contributed by atoms with E-state index in [0.717, 1.165) is 0 Å². The molecule has 0 aliphatic heterocycles. The van der Waals surface area contributed by atoms with E-state index in [1.54, 1.807) is 13.8 Å². The summed E-state index contributed by atoms with van der Waals surface area (Å²) in [6, 6.07) is -0.497. The van der Waals surface area contributed by atoms with Crippen LogP contribution in [0.1, 0.15) is 23.2 Å². The molecule has 0 aromatic carbocycles. The van der Waals surface area contributed by atoms with Crippen LogP contribution in [-0.2, 0) is 0 Å². The predicted molar refractivity (Wildman–Crippen MR) is 44.1 cm³/mol. The van der Waals surface area contributed by atoms with Crippen LogP contribution in [0.15, 0.2) is 10.8 Å². The highest BCUT2D eigenvalue weighted by molar-refractivity contribution is 5.93. The molecule has 0 saturated heterocycles. The van der Waals surface area contributed by atoms with Gasteiger partial charge in [-0.1, -0.05) is 0 Å². The number of hydrogen-bond donors (Lipinski definition) is 1. The first-order valence-corrected chi connectivity index (χ1v) is 3.92. The number of aryl methyl sites for hydroxylation is 1. The molecule has 1 aromatic rings. The van der Waals surface area contributed by atoms with Gasteiger partial charge < -0.3 is 9.73 Å². The van der Waals surface area contributed by atoms with Crippen molar-refractivity contribution in [1.82, 2.24) is 10.3 Å². The third-order valence-corrected chi connectivity index (χ3v) is 1.57. The lowest BCUT2D eigenvalue weighted by atomic mass is 10.3. The smallest absolute Gasteiger partial charge is 0.273 e. The summed E-state index contributed by atoms with van der Waals surface area (Å²) >= 11 is 0. The van der Waals surface area contributed by atoms with E-state index in [1.165, 1.54) is 6.39 Å². The van der Waals surface area contributed by atoms with Gasteiger partial charge in [0.25, 0.3) is 5.91 Å². The summed E-state index contributed by atoms with van der Waals surface area (Å²) in [5.41, 5.74) is 0.209. The van der Waals surface area contributed by atoms with Crippen LogP contribution < -0.4 is 5.32 Å². The first-order chi connectivity index (χ1) is 6.15. The van der Waals surface area contributed by atoms with E-state index in [0.29, 0.717) is 5.76 Å². The Morgan fingerprint density at radius 1 is 1.85 bits per heavy atom. The topological polar surface area (TPSA) is 55.1 Å². The van der Waals surface area contributed by atoms with Gasteiger partial charge in [0.1, 0.15) is 12.4 Å². The predicted octanol–water partition coefficient (Wildman–Crippen LogP) is 1.07. The molecule has 0 radical (unpaired) electrons. The number of carbonyl (C=O) groups is 1. The van der Waals surface area contributed by atoms with Gasteiger partial charge >= 0.3 is 0 Å². The normalized spacial score (nSPS) is 12.5. The Balaban J connectivity index is 2.64. The van der Waals surface area contributed by atoms with Crippen LogP contribution in [0.5, 0.6) is 0 Å². The summed E-state index contributed by atoms with van der Waals surface area (Å²) in [7, 11) is 0. The molecule has 72 valence electrons. The minimum atomic E-state index is -0.595. The Hall–Kier alpha value is -1.39. The van der Waals surface area contributed by atoms with Crippen LogP contribution in [0.25, 0.3) is 0 Å². The van der Waals surface area contributed by atoms with E-state index < -0.39 is 18.6 Å². The molecule has 0 aliphatic carbocycles. The second kappa shape index (κ2) is 4.02. The molecule has 13 heavy (non-hydrogen) atoms. The fraction of sp³-hybridized carbons (Fsp3) is 0.500. The van der Waals surface area contributed by atoms with E-state index in [2.05, 4.69) is 10.3 Å². The first-order valence-electron chi connectivity index (χ1n) is 3.92. The molecule has 1 amide bonds. The van der Waals surface area contributed by atoms with E-state index in [4.69, 9.17) is 4.42 Å². The van der Waals surface area contributed by atoms with Gasteiger partial charge in [-0.15, -0.1) is 0 Å². The fourth-order valence-electron chi connectivity index (χ4n) is 0.854. The molecule has 5 heteroatoms. The van der Waals surface area contributed by atoms with Crippen molar-refractivity contribution >= 4 is 5.91 Å². The molecule has 1 N–H and O–H groups in total. The van der Waals surface area contributed by atoms with E-state index in [9.17, 15) is 9.18 Å². The molecule has 0 saturated carbocycles. The van der Waals surface area contributed by atoms with Crippen molar-refractivity contribution < 1.29 is 13.6 Å². The number of halogens is 1. The number of nitrogens with zero attached hydrogens (tertiary/aromatic N) is 1. The van der Waals surface area contributed by atoms with Crippen LogP contribution in [0.3, 0.4) is 0 Å². The Kier molecular flexibility index (Phi) is 3.00. The van der Waals surface area contributed by atoms with E-state index in [-0.39, 0.29) is 5.69 Å². The standard InChI is InChI=1S/C8H11FN2O2/c1-5(3-9)11-8(12)7-6(2)13-4-10-7/h4-5H,3H2,1-2H3,(H,11,12). The van der Waals surface area contributed by atoms with Crippen molar-refractivity contribution in [3.8, 4) is 0 Å². The number of aromatic nitrogens is 1. The number of nitrogens with one attached hydrogen (secondary N) is 1. The van der Waals surface area contributed by atoms with Crippen molar-refractivity contribution in [3.05, 3.63) is 17.8 Å². The highest BCUT2D eigenvalue weighted by Crippen LogP contribution is 2.04. The van der Waals surface area contributed by atoms with Gasteiger partial charge in [-0.05, 0) is 13.8 Å². The summed E-state index contributed by atoms with van der Waals surface area (Å²) in [6.07, 6.45) is 1.18. The minimum absolute atomic E-state index is 0.209. The van der Waals surface area contributed by atoms with Crippen molar-refractivity contribution in [1.29, 1.82) is 0 Å². The molecule has 1 aromatic heterocycles. The number of carbonyl (C=O) groups excluding carboxylic acids is 1. The van der Waals surface area contributed by atoms with Gasteiger partial charge in [-0.2, -0.15) is 0 Å². The molecular formula is C8H11FN2O2. The molecule has 0 spiro atoms. The molecule has 1 rings (SSSR count). The summed E-state index contributed by atoms with van der Waals surface area (Å²) in [4.78, 5) is 15.0. The minimum Gasteiger partial charge on any atom is -0.448 e.